The number of halogens is 1. The smallest absolute Gasteiger partial charge is 0.322 e. The van der Waals surface area contributed by atoms with Crippen molar-refractivity contribution in [3.8, 4) is 11.5 Å². The van der Waals surface area contributed by atoms with Crippen molar-refractivity contribution < 1.29 is 17.6 Å². The number of benzene rings is 2. The van der Waals surface area contributed by atoms with Gasteiger partial charge in [0.05, 0.1) is 16.1 Å². The van der Waals surface area contributed by atoms with Gasteiger partial charge in [0.15, 0.2) is 9.84 Å². The Morgan fingerprint density at radius 1 is 1.06 bits per heavy atom. The van der Waals surface area contributed by atoms with Gasteiger partial charge in [0, 0.05) is 10.6 Å². The first kappa shape index (κ1) is 21.5. The first-order valence-corrected chi connectivity index (χ1v) is 12.1. The Hall–Kier alpha value is -2.71. The standard InChI is InChI=1S/C22H22ClN3O4S/c1-2-31(28,29)18-11-5-15(6-12-18)19-25-26-21(30-19)24-20(27)22(13-3-4-14-22)16-7-9-17(23)10-8-16/h5-12H,2-4,13-14H2,1H3,(H,24,26,27). The van der Waals surface area contributed by atoms with Gasteiger partial charge in [-0.2, -0.15) is 0 Å². The number of aromatic nitrogens is 2. The van der Waals surface area contributed by atoms with Gasteiger partial charge in [-0.1, -0.05) is 48.6 Å². The van der Waals surface area contributed by atoms with Crippen molar-refractivity contribution >= 4 is 33.4 Å². The van der Waals surface area contributed by atoms with Gasteiger partial charge in [-0.15, -0.1) is 5.10 Å². The lowest BCUT2D eigenvalue weighted by atomic mass is 9.78. The summed E-state index contributed by atoms with van der Waals surface area (Å²) in [6, 6.07) is 13.6. The molecule has 9 heteroatoms. The van der Waals surface area contributed by atoms with E-state index in [1.807, 2.05) is 12.1 Å². The van der Waals surface area contributed by atoms with Crippen LogP contribution in [0.15, 0.2) is 57.8 Å². The largest absolute Gasteiger partial charge is 0.403 e. The Morgan fingerprint density at radius 3 is 2.32 bits per heavy atom. The van der Waals surface area contributed by atoms with Crippen LogP contribution in [0.4, 0.5) is 6.01 Å². The molecule has 1 saturated carbocycles. The van der Waals surface area contributed by atoms with Crippen LogP contribution in [0.1, 0.15) is 38.2 Å². The van der Waals surface area contributed by atoms with Crippen LogP contribution >= 0.6 is 11.6 Å². The number of rotatable bonds is 6. The highest BCUT2D eigenvalue weighted by atomic mass is 35.5. The summed E-state index contributed by atoms with van der Waals surface area (Å²) in [5.74, 6) is 0.0352. The van der Waals surface area contributed by atoms with Crippen LogP contribution in [0.3, 0.4) is 0 Å². The van der Waals surface area contributed by atoms with Crippen molar-refractivity contribution in [3.63, 3.8) is 0 Å². The monoisotopic (exact) mass is 459 g/mol. The summed E-state index contributed by atoms with van der Waals surface area (Å²) >= 11 is 6.01. The minimum Gasteiger partial charge on any atom is -0.403 e. The minimum absolute atomic E-state index is 0.00509. The summed E-state index contributed by atoms with van der Waals surface area (Å²) in [6.07, 6.45) is 3.37. The Balaban J connectivity index is 1.54. The van der Waals surface area contributed by atoms with Crippen molar-refractivity contribution in [1.29, 1.82) is 0 Å². The Kier molecular flexibility index (Phi) is 5.85. The fraction of sp³-hybridized carbons (Fsp3) is 0.318. The number of nitrogens with one attached hydrogen (secondary N) is 1. The SMILES string of the molecule is CCS(=O)(=O)c1ccc(-c2nnc(NC(=O)C3(c4ccc(Cl)cc4)CCCC3)o2)cc1. The van der Waals surface area contributed by atoms with Crippen LogP contribution in [-0.2, 0) is 20.0 Å². The molecule has 1 fully saturated rings. The topological polar surface area (TPSA) is 102 Å². The Labute approximate surface area is 185 Å². The molecule has 1 amide bonds. The van der Waals surface area contributed by atoms with Crippen LogP contribution in [0.5, 0.6) is 0 Å². The number of carbonyl (C=O) groups is 1. The van der Waals surface area contributed by atoms with Gasteiger partial charge in [0.2, 0.25) is 11.8 Å². The highest BCUT2D eigenvalue weighted by Crippen LogP contribution is 2.42. The first-order valence-electron chi connectivity index (χ1n) is 10.1. The Morgan fingerprint density at radius 2 is 1.71 bits per heavy atom. The zero-order valence-corrected chi connectivity index (χ0v) is 18.5. The number of nitrogens with zero attached hydrogens (tertiary/aromatic N) is 2. The fourth-order valence-corrected chi connectivity index (χ4v) is 4.98. The molecule has 3 aromatic rings. The van der Waals surface area contributed by atoms with Crippen LogP contribution in [0.2, 0.25) is 5.02 Å². The molecule has 0 spiro atoms. The molecular weight excluding hydrogens is 438 g/mol. The van der Waals surface area contributed by atoms with E-state index in [1.165, 1.54) is 12.1 Å². The van der Waals surface area contributed by atoms with E-state index in [-0.39, 0.29) is 28.5 Å². The average Bonchev–Trinajstić information content (AvgIpc) is 3.45. The number of sulfone groups is 1. The molecule has 1 aromatic heterocycles. The second-order valence-electron chi connectivity index (χ2n) is 7.59. The van der Waals surface area contributed by atoms with Gasteiger partial charge in [-0.05, 0) is 54.8 Å². The molecule has 0 unspecified atom stereocenters. The van der Waals surface area contributed by atoms with Crippen molar-refractivity contribution in [2.24, 2.45) is 0 Å². The van der Waals surface area contributed by atoms with Crippen molar-refractivity contribution in [1.82, 2.24) is 10.2 Å². The van der Waals surface area contributed by atoms with Gasteiger partial charge < -0.3 is 4.42 Å². The highest BCUT2D eigenvalue weighted by Gasteiger charge is 2.43. The zero-order chi connectivity index (χ0) is 22.1. The summed E-state index contributed by atoms with van der Waals surface area (Å²) in [7, 11) is -3.29. The predicted molar refractivity (Wildman–Crippen MR) is 118 cm³/mol. The summed E-state index contributed by atoms with van der Waals surface area (Å²) in [5.41, 5.74) is 0.825. The molecule has 1 aliphatic carbocycles. The minimum atomic E-state index is -3.29. The maximum absolute atomic E-state index is 13.2. The van der Waals surface area contributed by atoms with Gasteiger partial charge in [0.1, 0.15) is 0 Å². The lowest BCUT2D eigenvalue weighted by Gasteiger charge is -2.27. The second kappa shape index (κ2) is 8.43. The molecule has 2 aromatic carbocycles. The third kappa shape index (κ3) is 4.22. The molecule has 1 aliphatic rings. The van der Waals surface area contributed by atoms with Crippen molar-refractivity contribution in [2.75, 3.05) is 11.1 Å². The molecule has 0 aliphatic heterocycles. The zero-order valence-electron chi connectivity index (χ0n) is 17.0. The lowest BCUT2D eigenvalue weighted by molar-refractivity contribution is -0.121. The van der Waals surface area contributed by atoms with Crippen molar-refractivity contribution in [2.45, 2.75) is 42.9 Å². The van der Waals surface area contributed by atoms with E-state index in [9.17, 15) is 13.2 Å². The molecule has 0 atom stereocenters. The van der Waals surface area contributed by atoms with E-state index in [4.69, 9.17) is 16.0 Å². The molecule has 31 heavy (non-hydrogen) atoms. The number of amides is 1. The normalized spacial score (nSPS) is 15.7. The van der Waals surface area contributed by atoms with Gasteiger partial charge in [-0.3, -0.25) is 10.1 Å². The highest BCUT2D eigenvalue weighted by molar-refractivity contribution is 7.91. The van der Waals surface area contributed by atoms with Crippen LogP contribution in [0.25, 0.3) is 11.5 Å². The Bertz CT molecular complexity index is 1180. The quantitative estimate of drug-likeness (QED) is 0.576. The number of hydrogen-bond donors (Lipinski definition) is 1. The summed E-state index contributed by atoms with van der Waals surface area (Å²) < 4.78 is 29.5. The second-order valence-corrected chi connectivity index (χ2v) is 10.3. The molecule has 0 bridgehead atoms. The van der Waals surface area contributed by atoms with Crippen LogP contribution in [-0.4, -0.2) is 30.3 Å². The summed E-state index contributed by atoms with van der Waals surface area (Å²) in [4.78, 5) is 13.5. The van der Waals surface area contributed by atoms with E-state index < -0.39 is 15.3 Å². The fourth-order valence-electron chi connectivity index (χ4n) is 3.97. The molecule has 0 saturated heterocycles. The van der Waals surface area contributed by atoms with E-state index >= 15 is 0 Å². The third-order valence-electron chi connectivity index (χ3n) is 5.77. The third-order valence-corrected chi connectivity index (χ3v) is 7.78. The van der Waals surface area contributed by atoms with Gasteiger partial charge >= 0.3 is 6.01 Å². The van der Waals surface area contributed by atoms with E-state index in [2.05, 4.69) is 15.5 Å². The van der Waals surface area contributed by atoms with Crippen molar-refractivity contribution in [3.05, 3.63) is 59.1 Å². The maximum Gasteiger partial charge on any atom is 0.322 e. The average molecular weight is 460 g/mol. The maximum atomic E-state index is 13.2. The van der Waals surface area contributed by atoms with Crippen LogP contribution < -0.4 is 5.32 Å². The number of hydrogen-bond acceptors (Lipinski definition) is 6. The molecule has 1 heterocycles. The lowest BCUT2D eigenvalue weighted by Crippen LogP contribution is -2.38. The van der Waals surface area contributed by atoms with E-state index in [0.29, 0.717) is 10.6 Å². The van der Waals surface area contributed by atoms with E-state index in [1.54, 1.807) is 31.2 Å². The summed E-state index contributed by atoms with van der Waals surface area (Å²) in [5, 5.41) is 11.3. The van der Waals surface area contributed by atoms with Gasteiger partial charge in [0.25, 0.3) is 0 Å². The predicted octanol–water partition coefficient (Wildman–Crippen LogP) is 4.63. The molecular formula is C22H22ClN3O4S. The van der Waals surface area contributed by atoms with Gasteiger partial charge in [-0.25, -0.2) is 8.42 Å². The molecule has 7 nitrogen and oxygen atoms in total. The van der Waals surface area contributed by atoms with E-state index in [0.717, 1.165) is 31.2 Å². The number of carbonyl (C=O) groups excluding carboxylic acids is 1. The van der Waals surface area contributed by atoms with Crippen LogP contribution in [0, 0.1) is 0 Å². The number of anilines is 1. The summed E-state index contributed by atoms with van der Waals surface area (Å²) in [6.45, 7) is 1.59. The molecule has 162 valence electrons. The molecule has 4 rings (SSSR count). The molecule has 0 radical (unpaired) electrons. The first-order chi connectivity index (χ1) is 14.8. The molecule has 1 N–H and O–H groups in total.